The Labute approximate surface area is 503 Å². The molecule has 14 aliphatic carbocycles. The summed E-state index contributed by atoms with van der Waals surface area (Å²) in [4.78, 5) is 29.9. The average Bonchev–Trinajstić information content (AvgIpc) is 1.63. The number of aryl methyl sites for hydroxylation is 1. The lowest BCUT2D eigenvalue weighted by Gasteiger charge is -2.75. The number of benzene rings is 3. The van der Waals surface area contributed by atoms with Gasteiger partial charge < -0.3 is 45.5 Å². The number of fused-ring (bicyclic) bond motifs is 4. The molecule has 0 amide bonds. The van der Waals surface area contributed by atoms with Crippen molar-refractivity contribution in [2.45, 2.75) is 202 Å². The van der Waals surface area contributed by atoms with E-state index < -0.39 is 86.4 Å². The first-order chi connectivity index (χ1) is 41.1. The van der Waals surface area contributed by atoms with Gasteiger partial charge in [0.2, 0.25) is 0 Å². The van der Waals surface area contributed by atoms with Gasteiger partial charge in [-0.1, -0.05) is 110 Å². The van der Waals surface area contributed by atoms with Crippen LogP contribution in [0.3, 0.4) is 0 Å². The molecule has 9 fully saturated rings. The SMILES string of the molecule is CNC1Cc2c(cccc2CO)C#CC23CCC(Cc4cccc(c4)Cc4cccc(c4)CCC4CCC5(C4)CC4(C=O)C6CCC7(C2)C2C8=CC(=O)OC8C1CC2CC7(O)C6(O)C(O)C1CC2C(C=CCC2C2CCCC2)CC(C5O)C14O)C3. The van der Waals surface area contributed by atoms with Crippen LogP contribution in [0.1, 0.15) is 167 Å². The Morgan fingerprint density at radius 3 is 2.31 bits per heavy atom. The summed E-state index contributed by atoms with van der Waals surface area (Å²) in [5.41, 5.74) is -1.72. The maximum absolute atomic E-state index is 15.7. The van der Waals surface area contributed by atoms with E-state index in [9.17, 15) is 25.2 Å². The number of nitrogens with one attached hydrogen (secondary N) is 1. The molecule has 0 saturated heterocycles. The quantitative estimate of drug-likeness (QED) is 0.0576. The third-order valence-corrected chi connectivity index (χ3v) is 27.9. The lowest BCUT2D eigenvalue weighted by molar-refractivity contribution is -0.385. The predicted molar refractivity (Wildman–Crippen MR) is 323 cm³/mol. The zero-order chi connectivity index (χ0) is 58.0. The number of esters is 1. The van der Waals surface area contributed by atoms with Crippen LogP contribution in [-0.2, 0) is 46.6 Å². The second-order valence-electron chi connectivity index (χ2n) is 31.3. The third kappa shape index (κ3) is 7.87. The molecule has 0 aromatic heterocycles. The molecule has 3 spiro atoms. The molecule has 9 saturated carbocycles. The van der Waals surface area contributed by atoms with Crippen molar-refractivity contribution in [3.8, 4) is 11.8 Å². The van der Waals surface area contributed by atoms with Crippen molar-refractivity contribution in [3.63, 3.8) is 0 Å². The highest BCUT2D eigenvalue weighted by Gasteiger charge is 2.87. The van der Waals surface area contributed by atoms with Crippen molar-refractivity contribution >= 4 is 12.3 Å². The molecular formula is C75H91NO9. The van der Waals surface area contributed by atoms with Crippen molar-refractivity contribution in [1.29, 1.82) is 0 Å². The second-order valence-corrected chi connectivity index (χ2v) is 31.3. The van der Waals surface area contributed by atoms with Crippen LogP contribution in [0, 0.1) is 105 Å². The molecule has 18 rings (SSSR count). The monoisotopic (exact) mass is 1150 g/mol. The zero-order valence-corrected chi connectivity index (χ0v) is 50.0. The smallest absolute Gasteiger partial charge is 0.331 e. The van der Waals surface area contributed by atoms with Crippen LogP contribution in [0.4, 0.5) is 0 Å². The van der Waals surface area contributed by atoms with Crippen molar-refractivity contribution in [1.82, 2.24) is 5.32 Å². The highest BCUT2D eigenvalue weighted by Crippen LogP contribution is 2.80. The lowest BCUT2D eigenvalue weighted by Crippen LogP contribution is -2.86. The summed E-state index contributed by atoms with van der Waals surface area (Å²) < 4.78 is 6.56. The van der Waals surface area contributed by atoms with Crippen LogP contribution in [0.5, 0.6) is 0 Å². The normalized spacial score (nSPS) is 47.3. The number of hydrogen-bond donors (Lipinski definition) is 7. The molecule has 22 atom stereocenters. The first-order valence-electron chi connectivity index (χ1n) is 33.8. The van der Waals surface area contributed by atoms with Crippen LogP contribution < -0.4 is 5.32 Å². The highest BCUT2D eigenvalue weighted by molar-refractivity contribution is 5.86. The molecule has 450 valence electrons. The highest BCUT2D eigenvalue weighted by atomic mass is 16.5. The number of hydrogen-bond acceptors (Lipinski definition) is 10. The number of aliphatic hydroxyl groups excluding tert-OH is 3. The van der Waals surface area contributed by atoms with E-state index in [-0.39, 0.29) is 67.4 Å². The molecule has 15 aliphatic rings. The fourth-order valence-electron chi connectivity index (χ4n) is 24.8. The van der Waals surface area contributed by atoms with Crippen LogP contribution >= 0.6 is 0 Å². The molecule has 1 aliphatic heterocycles. The molecule has 0 radical (unpaired) electrons. The topological polar surface area (TPSA) is 177 Å². The number of ether oxygens (including phenoxy) is 1. The van der Waals surface area contributed by atoms with Gasteiger partial charge in [0, 0.05) is 52.2 Å². The van der Waals surface area contributed by atoms with Gasteiger partial charge in [0.25, 0.3) is 0 Å². The van der Waals surface area contributed by atoms with Gasteiger partial charge in [-0.05, 0) is 233 Å². The zero-order valence-electron chi connectivity index (χ0n) is 50.0. The minimum atomic E-state index is -2.29. The Morgan fingerprint density at radius 1 is 0.741 bits per heavy atom. The molecule has 1 heterocycles. The van der Waals surface area contributed by atoms with Crippen LogP contribution in [0.2, 0.25) is 0 Å². The summed E-state index contributed by atoms with van der Waals surface area (Å²) in [5.74, 6) is 5.13. The minimum Gasteiger partial charge on any atom is -0.454 e. The molecule has 10 nitrogen and oxygen atoms in total. The van der Waals surface area contributed by atoms with Crippen molar-refractivity contribution in [2.75, 3.05) is 7.05 Å². The van der Waals surface area contributed by atoms with Gasteiger partial charge in [-0.15, -0.1) is 0 Å². The molecule has 10 heteroatoms. The predicted octanol–water partition coefficient (Wildman–Crippen LogP) is 9.86. The molecule has 22 unspecified atom stereocenters. The fourth-order valence-corrected chi connectivity index (χ4v) is 24.8. The van der Waals surface area contributed by atoms with E-state index in [1.54, 1.807) is 6.08 Å². The van der Waals surface area contributed by atoms with Gasteiger partial charge in [0.15, 0.2) is 0 Å². The molecule has 7 N–H and O–H groups in total. The number of likely N-dealkylation sites (N-methyl/N-ethyl adjacent to an activating group) is 1. The number of carbonyl (C=O) groups is 2. The van der Waals surface area contributed by atoms with E-state index in [0.29, 0.717) is 63.2 Å². The minimum absolute atomic E-state index is 0.0121. The standard InChI is InChI=1S/C75H91NO9/c1-76-62-35-56-51(14-6-16-53(56)40-77)22-25-69-24-20-49(37-69)31-48-11-5-10-47(30-48)29-46-9-4-8-44(28-46)18-19-45-21-26-70(38-45)42-72(43-78)63-23-27-71(41-69)65-54(32-58(62)66-59(65)36-64(79)85-66)39-73(71,82)75(63,84)68(81)61-34-57-52(33-60(67(70)80)74(61,72)83)15-7-17-55(57)50-12-2-3-13-50/h4-11,14-16,28,30,36,43,45,49-50,52,54-55,57-58,60-63,65-68,76-77,80-84H,2-3,12-13,17-21,23-24,26-27,29,31-35,37-42H2,1H3. The van der Waals surface area contributed by atoms with E-state index in [1.807, 2.05) is 19.2 Å². The Hall–Kier alpha value is -4.44. The van der Waals surface area contributed by atoms with E-state index >= 15 is 15.0 Å². The van der Waals surface area contributed by atoms with Gasteiger partial charge in [-0.2, -0.15) is 0 Å². The summed E-state index contributed by atoms with van der Waals surface area (Å²) in [7, 11) is 1.95. The maximum Gasteiger partial charge on any atom is 0.331 e. The Kier molecular flexibility index (Phi) is 13.2. The largest absolute Gasteiger partial charge is 0.454 e. The van der Waals surface area contributed by atoms with Gasteiger partial charge in [0.1, 0.15) is 23.6 Å². The second kappa shape index (κ2) is 20.0. The third-order valence-electron chi connectivity index (χ3n) is 27.9. The van der Waals surface area contributed by atoms with Crippen LogP contribution in [0.15, 0.2) is 90.5 Å². The van der Waals surface area contributed by atoms with E-state index in [2.05, 4.69) is 83.9 Å². The van der Waals surface area contributed by atoms with Crippen molar-refractivity contribution in [3.05, 3.63) is 129 Å². The van der Waals surface area contributed by atoms with Gasteiger partial charge in [0.05, 0.1) is 29.8 Å². The molecule has 3 aromatic rings. The first kappa shape index (κ1) is 55.8. The molecule has 85 heavy (non-hydrogen) atoms. The molecule has 15 bridgehead atoms. The van der Waals surface area contributed by atoms with Crippen LogP contribution in [-0.4, -0.2) is 91.1 Å². The van der Waals surface area contributed by atoms with Crippen molar-refractivity contribution < 1.29 is 45.0 Å². The summed E-state index contributed by atoms with van der Waals surface area (Å²) in [6.45, 7) is -0.144. The van der Waals surface area contributed by atoms with E-state index in [0.717, 1.165) is 99.2 Å². The van der Waals surface area contributed by atoms with Gasteiger partial charge in [-0.3, -0.25) is 0 Å². The number of aliphatic hydroxyl groups is 6. The Bertz CT molecular complexity index is 3320. The first-order valence-corrected chi connectivity index (χ1v) is 33.8. The Balaban J connectivity index is 0.929. The lowest BCUT2D eigenvalue weighted by atomic mass is 9.32. The maximum atomic E-state index is 15.7. The van der Waals surface area contributed by atoms with Crippen molar-refractivity contribution in [2.24, 2.45) is 92.7 Å². The summed E-state index contributed by atoms with van der Waals surface area (Å²) >= 11 is 0. The van der Waals surface area contributed by atoms with E-state index in [1.165, 1.54) is 35.1 Å². The van der Waals surface area contributed by atoms with E-state index in [4.69, 9.17) is 4.74 Å². The Morgan fingerprint density at radius 2 is 1.51 bits per heavy atom. The van der Waals surface area contributed by atoms with Gasteiger partial charge in [-0.25, -0.2) is 4.79 Å². The fraction of sp³-hybridized carbons (Fsp3) is 0.653. The van der Waals surface area contributed by atoms with Gasteiger partial charge >= 0.3 is 5.97 Å². The summed E-state index contributed by atoms with van der Waals surface area (Å²) in [6, 6.07) is 24.0. The molecule has 3 aromatic carbocycles. The number of carbonyl (C=O) groups excluding carboxylic acids is 2. The number of rotatable bonds is 4. The average molecular weight is 1150 g/mol. The number of allylic oxidation sites excluding steroid dienone is 2. The summed E-state index contributed by atoms with van der Waals surface area (Å²) in [5, 5.41) is 88.5. The molecular weight excluding hydrogens is 1060 g/mol. The number of aldehydes is 1. The van der Waals surface area contributed by atoms with Crippen LogP contribution in [0.25, 0.3) is 0 Å². The summed E-state index contributed by atoms with van der Waals surface area (Å²) in [6.07, 6.45) is 21.4.